The normalized spacial score (nSPS) is 32.1. The van der Waals surface area contributed by atoms with Crippen LogP contribution in [0.4, 0.5) is 0 Å². The summed E-state index contributed by atoms with van der Waals surface area (Å²) in [7, 11) is -2.02. The van der Waals surface area contributed by atoms with Crippen molar-refractivity contribution in [3.63, 3.8) is 0 Å². The Morgan fingerprint density at radius 2 is 1.77 bits per heavy atom. The SMILES string of the molecule is COc1ccc2c(c1)CC[C@@H]1[C@@H]2CC[C@]2(C)[C@H](OS(=O)(=O)c3ccc(C)cc3)CC[C@@H]12. The molecule has 5 heteroatoms. The van der Waals surface area contributed by atoms with E-state index in [9.17, 15) is 8.42 Å². The lowest BCUT2D eigenvalue weighted by atomic mass is 9.55. The number of hydrogen-bond donors (Lipinski definition) is 0. The summed E-state index contributed by atoms with van der Waals surface area (Å²) < 4.78 is 37.3. The summed E-state index contributed by atoms with van der Waals surface area (Å²) in [5, 5.41) is 0. The van der Waals surface area contributed by atoms with Crippen LogP contribution in [0.25, 0.3) is 0 Å². The molecule has 0 heterocycles. The summed E-state index contributed by atoms with van der Waals surface area (Å²) in [5.41, 5.74) is 3.87. The lowest BCUT2D eigenvalue weighted by Crippen LogP contribution is -2.45. The number of ether oxygens (including phenoxy) is 1. The summed E-state index contributed by atoms with van der Waals surface area (Å²) in [6.45, 7) is 4.23. The zero-order valence-corrected chi connectivity index (χ0v) is 19.5. The van der Waals surface area contributed by atoms with Crippen LogP contribution < -0.4 is 4.74 Å². The molecule has 0 N–H and O–H groups in total. The predicted octanol–water partition coefficient (Wildman–Crippen LogP) is 5.63. The minimum Gasteiger partial charge on any atom is -0.497 e. The third-order valence-electron chi connectivity index (χ3n) is 8.40. The van der Waals surface area contributed by atoms with Gasteiger partial charge in [0.05, 0.1) is 18.1 Å². The molecule has 5 rings (SSSR count). The van der Waals surface area contributed by atoms with Crippen molar-refractivity contribution < 1.29 is 17.3 Å². The van der Waals surface area contributed by atoms with E-state index in [4.69, 9.17) is 8.92 Å². The maximum Gasteiger partial charge on any atom is 0.297 e. The van der Waals surface area contributed by atoms with E-state index in [1.54, 1.807) is 19.2 Å². The first-order valence-electron chi connectivity index (χ1n) is 11.5. The number of fused-ring (bicyclic) bond motifs is 5. The molecule has 0 aliphatic heterocycles. The van der Waals surface area contributed by atoms with Gasteiger partial charge in [0.1, 0.15) is 5.75 Å². The van der Waals surface area contributed by atoms with E-state index in [0.29, 0.717) is 17.8 Å². The average molecular weight is 441 g/mol. The second kappa shape index (κ2) is 7.63. The molecule has 0 saturated heterocycles. The fourth-order valence-electron chi connectivity index (χ4n) is 6.71. The Hall–Kier alpha value is -1.85. The van der Waals surface area contributed by atoms with Crippen molar-refractivity contribution in [2.45, 2.75) is 69.3 Å². The molecule has 0 radical (unpaired) electrons. The molecular formula is C26H32O4S. The average Bonchev–Trinajstić information content (AvgIpc) is 3.09. The highest BCUT2D eigenvalue weighted by molar-refractivity contribution is 7.86. The molecule has 3 aliphatic rings. The molecule has 166 valence electrons. The van der Waals surface area contributed by atoms with Crippen LogP contribution in [-0.2, 0) is 20.7 Å². The minimum absolute atomic E-state index is 0.0804. The quantitative estimate of drug-likeness (QED) is 0.578. The molecule has 31 heavy (non-hydrogen) atoms. The molecule has 0 amide bonds. The lowest BCUT2D eigenvalue weighted by molar-refractivity contribution is -0.00804. The van der Waals surface area contributed by atoms with Gasteiger partial charge in [-0.15, -0.1) is 0 Å². The van der Waals surface area contributed by atoms with Crippen molar-refractivity contribution in [3.8, 4) is 5.75 Å². The van der Waals surface area contributed by atoms with Crippen LogP contribution in [-0.4, -0.2) is 21.6 Å². The third-order valence-corrected chi connectivity index (χ3v) is 9.73. The Morgan fingerprint density at radius 1 is 1.00 bits per heavy atom. The van der Waals surface area contributed by atoms with Gasteiger partial charge in [-0.2, -0.15) is 8.42 Å². The molecule has 0 aromatic heterocycles. The largest absolute Gasteiger partial charge is 0.497 e. The highest BCUT2D eigenvalue weighted by atomic mass is 32.2. The van der Waals surface area contributed by atoms with Gasteiger partial charge in [0.2, 0.25) is 0 Å². The van der Waals surface area contributed by atoms with Crippen LogP contribution in [0.2, 0.25) is 0 Å². The first-order chi connectivity index (χ1) is 14.8. The van der Waals surface area contributed by atoms with Gasteiger partial charge in [0.15, 0.2) is 0 Å². The van der Waals surface area contributed by atoms with Gasteiger partial charge in [-0.1, -0.05) is 30.7 Å². The van der Waals surface area contributed by atoms with Gasteiger partial charge in [0, 0.05) is 0 Å². The number of hydrogen-bond acceptors (Lipinski definition) is 4. The van der Waals surface area contributed by atoms with E-state index >= 15 is 0 Å². The number of benzene rings is 2. The Kier molecular flexibility index (Phi) is 5.17. The zero-order valence-electron chi connectivity index (χ0n) is 18.6. The van der Waals surface area contributed by atoms with Gasteiger partial charge >= 0.3 is 0 Å². The number of methoxy groups -OCH3 is 1. The zero-order chi connectivity index (χ0) is 21.8. The van der Waals surface area contributed by atoms with Gasteiger partial charge < -0.3 is 4.74 Å². The van der Waals surface area contributed by atoms with Crippen molar-refractivity contribution in [2.75, 3.05) is 7.11 Å². The summed E-state index contributed by atoms with van der Waals surface area (Å²) in [4.78, 5) is 0.263. The third kappa shape index (κ3) is 3.50. The molecule has 0 unspecified atom stereocenters. The van der Waals surface area contributed by atoms with Crippen molar-refractivity contribution in [1.82, 2.24) is 0 Å². The van der Waals surface area contributed by atoms with Crippen molar-refractivity contribution >= 4 is 10.1 Å². The van der Waals surface area contributed by atoms with E-state index in [1.165, 1.54) is 17.5 Å². The smallest absolute Gasteiger partial charge is 0.297 e. The summed E-state index contributed by atoms with van der Waals surface area (Å²) in [6, 6.07) is 13.5. The minimum atomic E-state index is -3.75. The van der Waals surface area contributed by atoms with Gasteiger partial charge in [-0.3, -0.25) is 4.18 Å². The van der Waals surface area contributed by atoms with Crippen LogP contribution >= 0.6 is 0 Å². The molecule has 2 aromatic rings. The number of aryl methyl sites for hydroxylation is 2. The molecule has 4 nitrogen and oxygen atoms in total. The predicted molar refractivity (Wildman–Crippen MR) is 121 cm³/mol. The van der Waals surface area contributed by atoms with Crippen molar-refractivity contribution in [1.29, 1.82) is 0 Å². The van der Waals surface area contributed by atoms with E-state index < -0.39 is 10.1 Å². The first kappa shape index (κ1) is 21.0. The van der Waals surface area contributed by atoms with Crippen LogP contribution in [0, 0.1) is 24.2 Å². The standard InChI is InChI=1S/C26H32O4S/c1-17-4-8-20(9-5-17)31(27,28)30-25-13-12-24-23-10-6-18-16-19(29-3)7-11-21(18)22(23)14-15-26(24,25)2/h4-5,7-9,11,16,22-25H,6,10,12-15H2,1-3H3/t22-,23-,24+,25-,26+/m1/s1. The molecule has 0 spiro atoms. The Labute approximate surface area is 186 Å². The monoisotopic (exact) mass is 440 g/mol. The van der Waals surface area contributed by atoms with E-state index in [1.807, 2.05) is 19.1 Å². The fourth-order valence-corrected chi connectivity index (χ4v) is 7.91. The Balaban J connectivity index is 1.38. The van der Waals surface area contributed by atoms with E-state index in [-0.39, 0.29) is 16.4 Å². The van der Waals surface area contributed by atoms with E-state index in [2.05, 4.69) is 25.1 Å². The van der Waals surface area contributed by atoms with Crippen molar-refractivity contribution in [2.24, 2.45) is 17.3 Å². The maximum atomic E-state index is 13.0. The molecule has 2 fully saturated rings. The molecule has 3 aliphatic carbocycles. The molecule has 0 bridgehead atoms. The number of rotatable bonds is 4. The second-order valence-electron chi connectivity index (χ2n) is 9.95. The second-order valence-corrected chi connectivity index (χ2v) is 11.5. The molecule has 2 saturated carbocycles. The van der Waals surface area contributed by atoms with Crippen LogP contribution in [0.15, 0.2) is 47.4 Å². The summed E-state index contributed by atoms with van der Waals surface area (Å²) in [5.74, 6) is 2.63. The Morgan fingerprint density at radius 3 is 2.52 bits per heavy atom. The first-order valence-corrected chi connectivity index (χ1v) is 12.9. The maximum absolute atomic E-state index is 13.0. The lowest BCUT2D eigenvalue weighted by Gasteiger charge is -2.50. The van der Waals surface area contributed by atoms with Crippen molar-refractivity contribution in [3.05, 3.63) is 59.2 Å². The molecule has 2 aromatic carbocycles. The Bertz CT molecular complexity index is 1080. The summed E-state index contributed by atoms with van der Waals surface area (Å²) in [6.07, 6.45) is 6.00. The van der Waals surface area contributed by atoms with E-state index in [0.717, 1.165) is 43.4 Å². The van der Waals surface area contributed by atoms with Gasteiger partial charge in [-0.05, 0) is 104 Å². The van der Waals surface area contributed by atoms with Gasteiger partial charge in [0.25, 0.3) is 10.1 Å². The van der Waals surface area contributed by atoms with Crippen LogP contribution in [0.5, 0.6) is 5.75 Å². The highest BCUT2D eigenvalue weighted by Crippen LogP contribution is 2.61. The molecular weight excluding hydrogens is 408 g/mol. The van der Waals surface area contributed by atoms with Crippen LogP contribution in [0.3, 0.4) is 0 Å². The summed E-state index contributed by atoms with van der Waals surface area (Å²) >= 11 is 0. The molecule has 5 atom stereocenters. The highest BCUT2D eigenvalue weighted by Gasteiger charge is 2.56. The fraction of sp³-hybridized carbons (Fsp3) is 0.538. The van der Waals surface area contributed by atoms with Gasteiger partial charge in [-0.25, -0.2) is 0 Å². The van der Waals surface area contributed by atoms with Crippen LogP contribution in [0.1, 0.15) is 61.6 Å². The topological polar surface area (TPSA) is 52.6 Å².